The van der Waals surface area contributed by atoms with E-state index in [0.717, 1.165) is 49.7 Å². The van der Waals surface area contributed by atoms with Gasteiger partial charge in [-0.05, 0) is 31.0 Å². The molecule has 0 unspecified atom stereocenters. The molecule has 2 aromatic rings. The van der Waals surface area contributed by atoms with Crippen molar-refractivity contribution < 1.29 is 4.74 Å². The van der Waals surface area contributed by atoms with E-state index in [4.69, 9.17) is 4.74 Å². The second-order valence-electron chi connectivity index (χ2n) is 7.65. The molecule has 0 spiro atoms. The Kier molecular flexibility index (Phi) is 5.31. The van der Waals surface area contributed by atoms with E-state index in [1.54, 1.807) is 0 Å². The average Bonchev–Trinajstić information content (AvgIpc) is 3.19. The van der Waals surface area contributed by atoms with E-state index >= 15 is 0 Å². The third-order valence-corrected chi connectivity index (χ3v) is 4.39. The first-order valence-corrected chi connectivity index (χ1v) is 8.79. The van der Waals surface area contributed by atoms with Crippen LogP contribution in [0.1, 0.15) is 50.7 Å². The van der Waals surface area contributed by atoms with Crippen LogP contribution in [0.25, 0.3) is 0 Å². The van der Waals surface area contributed by atoms with E-state index in [2.05, 4.69) is 53.0 Å². The van der Waals surface area contributed by atoms with Gasteiger partial charge in [-0.2, -0.15) is 5.10 Å². The van der Waals surface area contributed by atoms with E-state index < -0.39 is 0 Å². The van der Waals surface area contributed by atoms with Gasteiger partial charge in [0.15, 0.2) is 0 Å². The first kappa shape index (κ1) is 17.1. The van der Waals surface area contributed by atoms with Gasteiger partial charge in [-0.15, -0.1) is 0 Å². The molecule has 24 heavy (non-hydrogen) atoms. The molecule has 1 aliphatic rings. The van der Waals surface area contributed by atoms with Crippen LogP contribution < -0.4 is 0 Å². The second-order valence-corrected chi connectivity index (χ2v) is 7.65. The van der Waals surface area contributed by atoms with Crippen LogP contribution in [0.2, 0.25) is 0 Å². The zero-order valence-electron chi connectivity index (χ0n) is 15.0. The number of ether oxygens (including phenoxy) is 1. The zero-order valence-corrected chi connectivity index (χ0v) is 15.0. The predicted molar refractivity (Wildman–Crippen MR) is 94.6 cm³/mol. The Bertz CT molecular complexity index is 626. The van der Waals surface area contributed by atoms with Gasteiger partial charge in [-0.25, -0.2) is 0 Å². The zero-order chi connectivity index (χ0) is 17.0. The summed E-state index contributed by atoms with van der Waals surface area (Å²) in [6.07, 6.45) is 4.50. The Balaban J connectivity index is 1.70. The summed E-state index contributed by atoms with van der Waals surface area (Å²) in [6, 6.07) is 8.26. The molecule has 3 rings (SSSR count). The van der Waals surface area contributed by atoms with E-state index in [9.17, 15) is 0 Å². The normalized spacial score (nSPS) is 18.4. The minimum absolute atomic E-state index is 0.0646. The summed E-state index contributed by atoms with van der Waals surface area (Å²) in [6.45, 7) is 10.0. The molecule has 0 bridgehead atoms. The Labute approximate surface area is 144 Å². The Hall–Kier alpha value is -1.72. The van der Waals surface area contributed by atoms with Gasteiger partial charge in [0, 0.05) is 43.5 Å². The van der Waals surface area contributed by atoms with Crippen LogP contribution >= 0.6 is 0 Å². The minimum atomic E-state index is 0.0646. The van der Waals surface area contributed by atoms with E-state index in [1.807, 2.05) is 18.3 Å². The summed E-state index contributed by atoms with van der Waals surface area (Å²) < 4.78 is 5.83. The number of aromatic nitrogens is 3. The SMILES string of the molecule is CC(C)(C)c1cc(CN(Cc2ccccn2)C[C@H]2CCCO2)[nH]n1. The molecule has 5 heteroatoms. The number of aromatic amines is 1. The van der Waals surface area contributed by atoms with Crippen LogP contribution in [-0.4, -0.2) is 39.3 Å². The number of nitrogens with one attached hydrogen (secondary N) is 1. The first-order valence-electron chi connectivity index (χ1n) is 8.79. The molecular weight excluding hydrogens is 300 g/mol. The van der Waals surface area contributed by atoms with Crippen molar-refractivity contribution in [2.75, 3.05) is 13.2 Å². The van der Waals surface area contributed by atoms with Crippen molar-refractivity contribution in [3.63, 3.8) is 0 Å². The van der Waals surface area contributed by atoms with E-state index in [-0.39, 0.29) is 5.41 Å². The standard InChI is InChI=1S/C19H28N4O/c1-19(2,3)18-11-16(21-22-18)13-23(14-17-8-6-10-24-17)12-15-7-4-5-9-20-15/h4-5,7,9,11,17H,6,8,10,12-14H2,1-3H3,(H,21,22)/t17-/m1/s1. The average molecular weight is 328 g/mol. The lowest BCUT2D eigenvalue weighted by atomic mass is 9.92. The van der Waals surface area contributed by atoms with Crippen molar-refractivity contribution in [1.82, 2.24) is 20.1 Å². The predicted octanol–water partition coefficient (Wildman–Crippen LogP) is 3.28. The fourth-order valence-electron chi connectivity index (χ4n) is 3.05. The number of rotatable bonds is 6. The Morgan fingerprint density at radius 1 is 1.29 bits per heavy atom. The number of hydrogen-bond acceptors (Lipinski definition) is 4. The minimum Gasteiger partial charge on any atom is -0.377 e. The Morgan fingerprint density at radius 3 is 2.79 bits per heavy atom. The van der Waals surface area contributed by atoms with Crippen LogP contribution in [0.4, 0.5) is 0 Å². The lowest BCUT2D eigenvalue weighted by Crippen LogP contribution is -2.31. The highest BCUT2D eigenvalue weighted by atomic mass is 16.5. The second kappa shape index (κ2) is 7.45. The maximum atomic E-state index is 5.83. The highest BCUT2D eigenvalue weighted by Gasteiger charge is 2.22. The lowest BCUT2D eigenvalue weighted by Gasteiger charge is -2.24. The number of H-pyrrole nitrogens is 1. The summed E-state index contributed by atoms with van der Waals surface area (Å²) in [4.78, 5) is 6.87. The van der Waals surface area contributed by atoms with E-state index in [1.165, 1.54) is 6.42 Å². The fourth-order valence-corrected chi connectivity index (χ4v) is 3.05. The highest BCUT2D eigenvalue weighted by molar-refractivity contribution is 5.16. The highest BCUT2D eigenvalue weighted by Crippen LogP contribution is 2.22. The molecule has 0 aliphatic carbocycles. The molecule has 1 saturated heterocycles. The molecule has 1 fully saturated rings. The molecule has 1 N–H and O–H groups in total. The summed E-state index contributed by atoms with van der Waals surface area (Å²) in [5.41, 5.74) is 3.40. The fraction of sp³-hybridized carbons (Fsp3) is 0.579. The smallest absolute Gasteiger partial charge is 0.0703 e. The van der Waals surface area contributed by atoms with Gasteiger partial charge in [0.1, 0.15) is 0 Å². The lowest BCUT2D eigenvalue weighted by molar-refractivity contribution is 0.0670. The summed E-state index contributed by atoms with van der Waals surface area (Å²) >= 11 is 0. The van der Waals surface area contributed by atoms with Gasteiger partial charge in [-0.1, -0.05) is 26.8 Å². The van der Waals surface area contributed by atoms with Crippen molar-refractivity contribution in [3.8, 4) is 0 Å². The van der Waals surface area contributed by atoms with Gasteiger partial charge in [0.25, 0.3) is 0 Å². The molecular formula is C19H28N4O. The van der Waals surface area contributed by atoms with Crippen molar-refractivity contribution in [2.24, 2.45) is 0 Å². The molecule has 5 nitrogen and oxygen atoms in total. The van der Waals surface area contributed by atoms with Gasteiger partial charge in [0.05, 0.1) is 17.5 Å². The maximum Gasteiger partial charge on any atom is 0.0703 e. The Morgan fingerprint density at radius 2 is 2.17 bits per heavy atom. The third kappa shape index (κ3) is 4.65. The summed E-state index contributed by atoms with van der Waals surface area (Å²) in [7, 11) is 0. The molecule has 0 aromatic carbocycles. The molecule has 130 valence electrons. The topological polar surface area (TPSA) is 54.0 Å². The van der Waals surface area contributed by atoms with Crippen LogP contribution in [-0.2, 0) is 23.2 Å². The molecule has 0 saturated carbocycles. The number of nitrogens with zero attached hydrogens (tertiary/aromatic N) is 3. The molecule has 0 amide bonds. The summed E-state index contributed by atoms with van der Waals surface area (Å²) in [5, 5.41) is 7.68. The third-order valence-electron chi connectivity index (χ3n) is 4.39. The summed E-state index contributed by atoms with van der Waals surface area (Å²) in [5.74, 6) is 0. The van der Waals surface area contributed by atoms with Crippen molar-refractivity contribution in [3.05, 3.63) is 47.5 Å². The van der Waals surface area contributed by atoms with Gasteiger partial charge >= 0.3 is 0 Å². The molecule has 3 heterocycles. The quantitative estimate of drug-likeness (QED) is 0.884. The van der Waals surface area contributed by atoms with Gasteiger partial charge in [0.2, 0.25) is 0 Å². The molecule has 1 atom stereocenters. The van der Waals surface area contributed by atoms with Crippen LogP contribution in [0.3, 0.4) is 0 Å². The largest absolute Gasteiger partial charge is 0.377 e. The molecule has 1 aliphatic heterocycles. The van der Waals surface area contributed by atoms with Crippen LogP contribution in [0, 0.1) is 0 Å². The van der Waals surface area contributed by atoms with E-state index in [0.29, 0.717) is 6.10 Å². The van der Waals surface area contributed by atoms with Crippen LogP contribution in [0.15, 0.2) is 30.5 Å². The molecule has 2 aromatic heterocycles. The number of pyridine rings is 1. The van der Waals surface area contributed by atoms with Crippen molar-refractivity contribution in [1.29, 1.82) is 0 Å². The molecule has 0 radical (unpaired) electrons. The van der Waals surface area contributed by atoms with Gasteiger partial charge in [-0.3, -0.25) is 15.0 Å². The van der Waals surface area contributed by atoms with Crippen molar-refractivity contribution >= 4 is 0 Å². The van der Waals surface area contributed by atoms with Gasteiger partial charge < -0.3 is 4.74 Å². The monoisotopic (exact) mass is 328 g/mol. The maximum absolute atomic E-state index is 5.83. The van der Waals surface area contributed by atoms with Crippen molar-refractivity contribution in [2.45, 2.75) is 58.2 Å². The number of hydrogen-bond donors (Lipinski definition) is 1. The first-order chi connectivity index (χ1) is 11.5. The van der Waals surface area contributed by atoms with Crippen LogP contribution in [0.5, 0.6) is 0 Å².